The van der Waals surface area contributed by atoms with E-state index in [1.165, 1.54) is 5.56 Å². The molecule has 0 saturated heterocycles. The summed E-state index contributed by atoms with van der Waals surface area (Å²) >= 11 is 0.853. The molecule has 156 valence electrons. The molecule has 1 aliphatic carbocycles. The Hall–Kier alpha value is -1.99. The second-order valence-corrected chi connectivity index (χ2v) is 12.0. The van der Waals surface area contributed by atoms with Crippen LogP contribution in [0.25, 0.3) is 0 Å². The van der Waals surface area contributed by atoms with E-state index in [2.05, 4.69) is 13.8 Å². The standard InChI is InChI=1S/C22H26O5S2/c1-13(2)15-8-6-14(7-9-15)12-27-20(24)19-16-10-22(3,4)11-17(23)18(16)21(28-19)29(5,25)26/h6-9,13H,10-12H2,1-5H3. The first-order valence-electron chi connectivity index (χ1n) is 9.54. The van der Waals surface area contributed by atoms with Crippen LogP contribution in [-0.4, -0.2) is 26.4 Å². The maximum Gasteiger partial charge on any atom is 0.348 e. The molecule has 0 unspecified atom stereocenters. The molecule has 5 nitrogen and oxygen atoms in total. The van der Waals surface area contributed by atoms with Gasteiger partial charge in [0.05, 0.1) is 5.56 Å². The number of ether oxygens (including phenoxy) is 1. The van der Waals surface area contributed by atoms with Crippen LogP contribution in [0.2, 0.25) is 0 Å². The molecule has 29 heavy (non-hydrogen) atoms. The number of benzene rings is 1. The fourth-order valence-corrected chi connectivity index (χ4v) is 6.02. The van der Waals surface area contributed by atoms with Crippen molar-refractivity contribution in [3.63, 3.8) is 0 Å². The molecule has 1 aromatic heterocycles. The van der Waals surface area contributed by atoms with Gasteiger partial charge in [-0.1, -0.05) is 52.0 Å². The van der Waals surface area contributed by atoms with E-state index in [1.54, 1.807) is 0 Å². The fraction of sp³-hybridized carbons (Fsp3) is 0.455. The maximum absolute atomic E-state index is 12.8. The first kappa shape index (κ1) is 21.7. The van der Waals surface area contributed by atoms with Crippen molar-refractivity contribution in [2.75, 3.05) is 6.26 Å². The van der Waals surface area contributed by atoms with Gasteiger partial charge in [-0.25, -0.2) is 13.2 Å². The third-order valence-corrected chi connectivity index (χ3v) is 8.13. The van der Waals surface area contributed by atoms with Crippen LogP contribution in [0.4, 0.5) is 0 Å². The van der Waals surface area contributed by atoms with Crippen LogP contribution in [-0.2, 0) is 27.6 Å². The lowest BCUT2D eigenvalue weighted by Crippen LogP contribution is -2.28. The lowest BCUT2D eigenvalue weighted by Gasteiger charge is -2.29. The number of fused-ring (bicyclic) bond motifs is 1. The summed E-state index contributed by atoms with van der Waals surface area (Å²) in [5.74, 6) is -0.393. The Labute approximate surface area is 176 Å². The smallest absolute Gasteiger partial charge is 0.348 e. The van der Waals surface area contributed by atoms with E-state index in [9.17, 15) is 18.0 Å². The molecule has 0 fully saturated rings. The number of rotatable bonds is 5. The number of thiophene rings is 1. The highest BCUT2D eigenvalue weighted by molar-refractivity contribution is 7.92. The molecule has 0 aliphatic heterocycles. The largest absolute Gasteiger partial charge is 0.457 e. The van der Waals surface area contributed by atoms with Crippen LogP contribution in [0.5, 0.6) is 0 Å². The number of Topliss-reactive ketones (excluding diaryl/α,β-unsaturated/α-hetero) is 1. The van der Waals surface area contributed by atoms with Gasteiger partial charge in [-0.05, 0) is 34.4 Å². The van der Waals surface area contributed by atoms with Crippen molar-refractivity contribution < 1.29 is 22.7 Å². The molecule has 0 saturated carbocycles. The minimum atomic E-state index is -3.62. The van der Waals surface area contributed by atoms with Gasteiger partial charge >= 0.3 is 5.97 Å². The highest BCUT2D eigenvalue weighted by atomic mass is 32.2. The summed E-state index contributed by atoms with van der Waals surface area (Å²) in [6.07, 6.45) is 1.79. The number of esters is 1. The first-order chi connectivity index (χ1) is 13.4. The summed E-state index contributed by atoms with van der Waals surface area (Å²) in [6.45, 7) is 8.19. The van der Waals surface area contributed by atoms with Crippen molar-refractivity contribution in [1.29, 1.82) is 0 Å². The molecule has 1 heterocycles. The van der Waals surface area contributed by atoms with Crippen molar-refractivity contribution in [1.82, 2.24) is 0 Å². The molecule has 0 bridgehead atoms. The molecule has 0 atom stereocenters. The van der Waals surface area contributed by atoms with Crippen LogP contribution in [0.3, 0.4) is 0 Å². The second kappa shape index (κ2) is 7.69. The van der Waals surface area contributed by atoms with Gasteiger partial charge in [0, 0.05) is 12.7 Å². The summed E-state index contributed by atoms with van der Waals surface area (Å²) in [4.78, 5) is 25.7. The molecule has 0 spiro atoms. The zero-order valence-corrected chi connectivity index (χ0v) is 19.0. The molecule has 0 N–H and O–H groups in total. The average Bonchev–Trinajstić information content (AvgIpc) is 2.98. The summed E-state index contributed by atoms with van der Waals surface area (Å²) < 4.78 is 29.9. The number of hydrogen-bond acceptors (Lipinski definition) is 6. The molecule has 0 amide bonds. The maximum atomic E-state index is 12.8. The summed E-state index contributed by atoms with van der Waals surface area (Å²) in [6, 6.07) is 7.84. The van der Waals surface area contributed by atoms with Crippen LogP contribution < -0.4 is 0 Å². The number of carbonyl (C=O) groups is 2. The molecule has 3 rings (SSSR count). The normalized spacial score (nSPS) is 16.0. The van der Waals surface area contributed by atoms with Gasteiger partial charge < -0.3 is 4.74 Å². The summed E-state index contributed by atoms with van der Waals surface area (Å²) in [5, 5.41) is 0. The van der Waals surface area contributed by atoms with Gasteiger partial charge in [0.2, 0.25) is 0 Å². The van der Waals surface area contributed by atoms with Crippen LogP contribution in [0, 0.1) is 5.41 Å². The van der Waals surface area contributed by atoms with Crippen molar-refractivity contribution in [3.8, 4) is 0 Å². The van der Waals surface area contributed by atoms with Gasteiger partial charge in [0.1, 0.15) is 15.7 Å². The second-order valence-electron chi connectivity index (χ2n) is 8.76. The third-order valence-electron chi connectivity index (χ3n) is 5.09. The van der Waals surface area contributed by atoms with Crippen LogP contribution in [0.15, 0.2) is 28.5 Å². The van der Waals surface area contributed by atoms with E-state index in [4.69, 9.17) is 4.74 Å². The van der Waals surface area contributed by atoms with E-state index in [-0.39, 0.29) is 38.9 Å². The van der Waals surface area contributed by atoms with Gasteiger partial charge in [-0.3, -0.25) is 4.79 Å². The first-order valence-corrected chi connectivity index (χ1v) is 12.2. The predicted octanol–water partition coefficient (Wildman–Crippen LogP) is 4.79. The monoisotopic (exact) mass is 434 g/mol. The van der Waals surface area contributed by atoms with Gasteiger partial charge in [-0.2, -0.15) is 0 Å². The van der Waals surface area contributed by atoms with Crippen molar-refractivity contribution >= 4 is 32.9 Å². The molecular weight excluding hydrogens is 408 g/mol. The molecule has 0 radical (unpaired) electrons. The molecule has 1 aromatic carbocycles. The Morgan fingerprint density at radius 3 is 2.34 bits per heavy atom. The number of carbonyl (C=O) groups excluding carboxylic acids is 2. The molecule has 1 aliphatic rings. The van der Waals surface area contributed by atoms with Gasteiger partial charge in [0.15, 0.2) is 15.6 Å². The van der Waals surface area contributed by atoms with Crippen molar-refractivity contribution in [3.05, 3.63) is 51.4 Å². The van der Waals surface area contributed by atoms with Crippen molar-refractivity contribution in [2.45, 2.75) is 57.3 Å². The quantitative estimate of drug-likeness (QED) is 0.633. The summed E-state index contributed by atoms with van der Waals surface area (Å²) in [5.41, 5.74) is 2.42. The number of hydrogen-bond donors (Lipinski definition) is 0. The van der Waals surface area contributed by atoms with E-state index >= 15 is 0 Å². The van der Waals surface area contributed by atoms with E-state index in [0.29, 0.717) is 17.9 Å². The Balaban J connectivity index is 1.90. The minimum Gasteiger partial charge on any atom is -0.457 e. The molecule has 2 aromatic rings. The van der Waals surface area contributed by atoms with Crippen LogP contribution >= 0.6 is 11.3 Å². The zero-order valence-electron chi connectivity index (χ0n) is 17.4. The highest BCUT2D eigenvalue weighted by Gasteiger charge is 2.39. The Morgan fingerprint density at radius 1 is 1.17 bits per heavy atom. The lowest BCUT2D eigenvalue weighted by atomic mass is 9.74. The summed E-state index contributed by atoms with van der Waals surface area (Å²) in [7, 11) is -3.62. The van der Waals surface area contributed by atoms with E-state index in [0.717, 1.165) is 23.2 Å². The number of ketones is 1. The number of sulfone groups is 1. The SMILES string of the molecule is CC(C)c1ccc(COC(=O)c2sc(S(C)(=O)=O)c3c2CC(C)(C)CC3=O)cc1. The fourth-order valence-electron chi connectivity index (χ4n) is 3.60. The molecular formula is C22H26O5S2. The Morgan fingerprint density at radius 2 is 1.79 bits per heavy atom. The molecule has 7 heteroatoms. The minimum absolute atomic E-state index is 0.0266. The Kier molecular flexibility index (Phi) is 5.75. The topological polar surface area (TPSA) is 77.5 Å². The van der Waals surface area contributed by atoms with E-state index < -0.39 is 15.8 Å². The Bertz CT molecular complexity index is 1060. The third kappa shape index (κ3) is 4.61. The van der Waals surface area contributed by atoms with Gasteiger partial charge in [0.25, 0.3) is 0 Å². The predicted molar refractivity (Wildman–Crippen MR) is 114 cm³/mol. The van der Waals surface area contributed by atoms with Crippen molar-refractivity contribution in [2.24, 2.45) is 5.41 Å². The van der Waals surface area contributed by atoms with E-state index in [1.807, 2.05) is 38.1 Å². The van der Waals surface area contributed by atoms with Gasteiger partial charge in [-0.15, -0.1) is 11.3 Å². The lowest BCUT2D eigenvalue weighted by molar-refractivity contribution is 0.0476. The zero-order chi connectivity index (χ0) is 21.6. The van der Waals surface area contributed by atoms with Crippen LogP contribution in [0.1, 0.15) is 76.8 Å². The highest BCUT2D eigenvalue weighted by Crippen LogP contribution is 2.43. The average molecular weight is 435 g/mol.